The van der Waals surface area contributed by atoms with Crippen molar-refractivity contribution < 1.29 is 4.39 Å². The standard InChI is InChI=1S/C18H23FN2/c1-20-18(16-6-4-3-5-7-16)12-13-21(2)14-15-8-10-17(19)11-9-15/h3-11,18,20H,12-14H2,1-2H3. The number of halogens is 1. The van der Waals surface area contributed by atoms with Crippen LogP contribution in [0.2, 0.25) is 0 Å². The molecule has 21 heavy (non-hydrogen) atoms. The molecule has 1 unspecified atom stereocenters. The van der Waals surface area contributed by atoms with Crippen molar-refractivity contribution in [2.75, 3.05) is 20.6 Å². The monoisotopic (exact) mass is 286 g/mol. The van der Waals surface area contributed by atoms with Gasteiger partial charge in [0.15, 0.2) is 0 Å². The van der Waals surface area contributed by atoms with Crippen molar-refractivity contribution in [1.29, 1.82) is 0 Å². The average molecular weight is 286 g/mol. The topological polar surface area (TPSA) is 15.3 Å². The van der Waals surface area contributed by atoms with E-state index in [9.17, 15) is 4.39 Å². The fraction of sp³-hybridized carbons (Fsp3) is 0.333. The van der Waals surface area contributed by atoms with Gasteiger partial charge >= 0.3 is 0 Å². The predicted molar refractivity (Wildman–Crippen MR) is 85.6 cm³/mol. The first-order chi connectivity index (χ1) is 10.2. The molecule has 0 fully saturated rings. The highest BCUT2D eigenvalue weighted by Crippen LogP contribution is 2.16. The fourth-order valence-electron chi connectivity index (χ4n) is 2.49. The van der Waals surface area contributed by atoms with Gasteiger partial charge in [0.25, 0.3) is 0 Å². The summed E-state index contributed by atoms with van der Waals surface area (Å²) in [6.07, 6.45) is 1.04. The Morgan fingerprint density at radius 1 is 1.05 bits per heavy atom. The molecule has 1 N–H and O–H groups in total. The Labute approximate surface area is 126 Å². The van der Waals surface area contributed by atoms with E-state index in [1.807, 2.05) is 25.2 Å². The van der Waals surface area contributed by atoms with E-state index in [1.165, 1.54) is 17.7 Å². The van der Waals surface area contributed by atoms with Crippen LogP contribution in [-0.2, 0) is 6.54 Å². The lowest BCUT2D eigenvalue weighted by molar-refractivity contribution is 0.304. The molecule has 0 aliphatic rings. The molecule has 2 rings (SSSR count). The van der Waals surface area contributed by atoms with Crippen molar-refractivity contribution in [1.82, 2.24) is 10.2 Å². The van der Waals surface area contributed by atoms with E-state index < -0.39 is 0 Å². The first kappa shape index (κ1) is 15.7. The van der Waals surface area contributed by atoms with Crippen molar-refractivity contribution in [2.45, 2.75) is 19.0 Å². The molecule has 0 aliphatic carbocycles. The zero-order chi connectivity index (χ0) is 15.1. The van der Waals surface area contributed by atoms with E-state index in [0.717, 1.165) is 25.1 Å². The lowest BCUT2D eigenvalue weighted by Gasteiger charge is -2.22. The lowest BCUT2D eigenvalue weighted by atomic mass is 10.0. The second-order valence-corrected chi connectivity index (χ2v) is 5.40. The highest BCUT2D eigenvalue weighted by molar-refractivity contribution is 5.19. The van der Waals surface area contributed by atoms with E-state index in [1.54, 1.807) is 0 Å². The van der Waals surface area contributed by atoms with Crippen molar-refractivity contribution >= 4 is 0 Å². The van der Waals surface area contributed by atoms with Gasteiger partial charge in [0.1, 0.15) is 5.82 Å². The second-order valence-electron chi connectivity index (χ2n) is 5.40. The molecule has 0 amide bonds. The van der Waals surface area contributed by atoms with Crippen molar-refractivity contribution in [3.05, 3.63) is 71.5 Å². The maximum Gasteiger partial charge on any atom is 0.123 e. The highest BCUT2D eigenvalue weighted by atomic mass is 19.1. The third-order valence-corrected chi connectivity index (χ3v) is 3.72. The van der Waals surface area contributed by atoms with Crippen LogP contribution in [0.1, 0.15) is 23.6 Å². The van der Waals surface area contributed by atoms with Gasteiger partial charge in [-0.1, -0.05) is 42.5 Å². The zero-order valence-electron chi connectivity index (χ0n) is 12.7. The minimum Gasteiger partial charge on any atom is -0.313 e. The Morgan fingerprint density at radius 2 is 1.71 bits per heavy atom. The summed E-state index contributed by atoms with van der Waals surface area (Å²) < 4.78 is 12.9. The quantitative estimate of drug-likeness (QED) is 0.836. The first-order valence-corrected chi connectivity index (χ1v) is 7.34. The average Bonchev–Trinajstić information content (AvgIpc) is 2.51. The molecule has 2 aromatic carbocycles. The van der Waals surface area contributed by atoms with Gasteiger partial charge in [-0.2, -0.15) is 0 Å². The molecule has 0 radical (unpaired) electrons. The van der Waals surface area contributed by atoms with Crippen LogP contribution in [-0.4, -0.2) is 25.5 Å². The largest absolute Gasteiger partial charge is 0.313 e. The third kappa shape index (κ3) is 4.96. The van der Waals surface area contributed by atoms with Crippen LogP contribution >= 0.6 is 0 Å². The summed E-state index contributed by atoms with van der Waals surface area (Å²) in [5, 5.41) is 3.37. The van der Waals surface area contributed by atoms with Crippen LogP contribution in [0.15, 0.2) is 54.6 Å². The van der Waals surface area contributed by atoms with Gasteiger partial charge in [-0.3, -0.25) is 0 Å². The number of nitrogens with zero attached hydrogens (tertiary/aromatic N) is 1. The number of benzene rings is 2. The summed E-state index contributed by atoms with van der Waals surface area (Å²) in [6, 6.07) is 17.6. The second kappa shape index (κ2) is 7.91. The van der Waals surface area contributed by atoms with Crippen LogP contribution in [0.3, 0.4) is 0 Å². The van der Waals surface area contributed by atoms with Crippen LogP contribution in [0.4, 0.5) is 4.39 Å². The molecule has 0 spiro atoms. The van der Waals surface area contributed by atoms with E-state index in [2.05, 4.69) is 41.5 Å². The molecule has 2 aromatic rings. The Kier molecular flexibility index (Phi) is 5.90. The number of hydrogen-bond acceptors (Lipinski definition) is 2. The van der Waals surface area contributed by atoms with E-state index in [-0.39, 0.29) is 5.82 Å². The van der Waals surface area contributed by atoms with E-state index >= 15 is 0 Å². The number of rotatable bonds is 7. The fourth-order valence-corrected chi connectivity index (χ4v) is 2.49. The summed E-state index contributed by atoms with van der Waals surface area (Å²) in [6.45, 7) is 1.82. The van der Waals surface area contributed by atoms with Crippen molar-refractivity contribution in [2.24, 2.45) is 0 Å². The Morgan fingerprint density at radius 3 is 2.33 bits per heavy atom. The Balaban J connectivity index is 1.85. The van der Waals surface area contributed by atoms with E-state index in [0.29, 0.717) is 6.04 Å². The highest BCUT2D eigenvalue weighted by Gasteiger charge is 2.10. The molecule has 0 heterocycles. The molecule has 112 valence electrons. The Bertz CT molecular complexity index is 525. The SMILES string of the molecule is CNC(CCN(C)Cc1ccc(F)cc1)c1ccccc1. The van der Waals surface area contributed by atoms with E-state index in [4.69, 9.17) is 0 Å². The van der Waals surface area contributed by atoms with Gasteiger partial charge in [-0.15, -0.1) is 0 Å². The molecule has 3 heteroatoms. The maximum atomic E-state index is 12.9. The molecule has 0 aromatic heterocycles. The molecule has 0 saturated heterocycles. The summed E-state index contributed by atoms with van der Waals surface area (Å²) in [5.41, 5.74) is 2.45. The molecule has 0 saturated carbocycles. The minimum atomic E-state index is -0.180. The van der Waals surface area contributed by atoms with Crippen LogP contribution < -0.4 is 5.32 Å². The summed E-state index contributed by atoms with van der Waals surface area (Å²) in [7, 11) is 4.10. The normalized spacial score (nSPS) is 12.6. The first-order valence-electron chi connectivity index (χ1n) is 7.34. The molecule has 0 bridgehead atoms. The Hall–Kier alpha value is -1.71. The van der Waals surface area contributed by atoms with Gasteiger partial charge in [-0.25, -0.2) is 4.39 Å². The summed E-state index contributed by atoms with van der Waals surface area (Å²) >= 11 is 0. The van der Waals surface area contributed by atoms with Crippen LogP contribution in [0, 0.1) is 5.82 Å². The zero-order valence-corrected chi connectivity index (χ0v) is 12.7. The molecule has 0 aliphatic heterocycles. The van der Waals surface area contributed by atoms with Crippen LogP contribution in [0.5, 0.6) is 0 Å². The molecule has 2 nitrogen and oxygen atoms in total. The van der Waals surface area contributed by atoms with Gasteiger partial charge in [-0.05, 0) is 50.3 Å². The molecule has 1 atom stereocenters. The minimum absolute atomic E-state index is 0.180. The summed E-state index contributed by atoms with van der Waals surface area (Å²) in [5.74, 6) is -0.180. The van der Waals surface area contributed by atoms with Crippen LogP contribution in [0.25, 0.3) is 0 Å². The summed E-state index contributed by atoms with van der Waals surface area (Å²) in [4.78, 5) is 2.26. The van der Waals surface area contributed by atoms with Gasteiger partial charge in [0.2, 0.25) is 0 Å². The van der Waals surface area contributed by atoms with Gasteiger partial charge < -0.3 is 10.2 Å². The predicted octanol–water partition coefficient (Wildman–Crippen LogP) is 3.61. The molecular formula is C18H23FN2. The van der Waals surface area contributed by atoms with Crippen molar-refractivity contribution in [3.63, 3.8) is 0 Å². The van der Waals surface area contributed by atoms with Crippen molar-refractivity contribution in [3.8, 4) is 0 Å². The number of nitrogens with one attached hydrogen (secondary N) is 1. The van der Waals surface area contributed by atoms with Gasteiger partial charge in [0.05, 0.1) is 0 Å². The smallest absolute Gasteiger partial charge is 0.123 e. The van der Waals surface area contributed by atoms with Gasteiger partial charge in [0, 0.05) is 12.6 Å². The molecular weight excluding hydrogens is 263 g/mol. The third-order valence-electron chi connectivity index (χ3n) is 3.72. The number of hydrogen-bond donors (Lipinski definition) is 1. The lowest BCUT2D eigenvalue weighted by Crippen LogP contribution is -2.25. The maximum absolute atomic E-state index is 12.9.